The van der Waals surface area contributed by atoms with E-state index in [1.807, 2.05) is 0 Å². The molecule has 0 saturated carbocycles. The summed E-state index contributed by atoms with van der Waals surface area (Å²) in [6, 6.07) is 3.75. The summed E-state index contributed by atoms with van der Waals surface area (Å²) in [6.45, 7) is 0. The molecule has 0 unspecified atom stereocenters. The Morgan fingerprint density at radius 2 is 2.05 bits per heavy atom. The van der Waals surface area contributed by atoms with Crippen LogP contribution in [0, 0.1) is 11.6 Å². The number of nitrogen functional groups attached to an aromatic ring is 1. The minimum atomic E-state index is -0.873. The number of aromatic nitrogens is 4. The number of aryl methyl sites for hydroxylation is 1. The molecule has 2 heterocycles. The van der Waals surface area contributed by atoms with Gasteiger partial charge in [-0.3, -0.25) is 4.68 Å². The second-order valence-electron chi connectivity index (χ2n) is 4.40. The van der Waals surface area contributed by atoms with E-state index < -0.39 is 11.6 Å². The van der Waals surface area contributed by atoms with Gasteiger partial charge in [-0.25, -0.2) is 18.7 Å². The van der Waals surface area contributed by atoms with Gasteiger partial charge in [0.25, 0.3) is 0 Å². The summed E-state index contributed by atoms with van der Waals surface area (Å²) in [4.78, 5) is 9.16. The first-order valence-corrected chi connectivity index (χ1v) is 7.05. The van der Waals surface area contributed by atoms with Crippen molar-refractivity contribution in [1.29, 1.82) is 0 Å². The molecule has 0 fully saturated rings. The van der Waals surface area contributed by atoms with E-state index in [4.69, 9.17) is 5.73 Å². The molecule has 2 N–H and O–H groups in total. The van der Waals surface area contributed by atoms with Crippen LogP contribution in [0.2, 0.25) is 0 Å². The highest BCUT2D eigenvalue weighted by Gasteiger charge is 2.10. The SMILES string of the molecule is Cn1ncc2c(N)nc(CSc3ccc(F)c(F)c3)nc21. The van der Waals surface area contributed by atoms with Crippen LogP contribution >= 0.6 is 11.8 Å². The van der Waals surface area contributed by atoms with Crippen molar-refractivity contribution in [3.8, 4) is 0 Å². The molecule has 3 aromatic rings. The molecular weight excluding hydrogens is 296 g/mol. The number of halogens is 2. The van der Waals surface area contributed by atoms with E-state index in [2.05, 4.69) is 15.1 Å². The molecule has 5 nitrogen and oxygen atoms in total. The molecule has 0 saturated heterocycles. The van der Waals surface area contributed by atoms with Crippen LogP contribution in [0.15, 0.2) is 29.3 Å². The highest BCUT2D eigenvalue weighted by Crippen LogP contribution is 2.25. The molecule has 0 amide bonds. The van der Waals surface area contributed by atoms with Crippen LogP contribution in [0.1, 0.15) is 5.82 Å². The van der Waals surface area contributed by atoms with Gasteiger partial charge in [0.2, 0.25) is 0 Å². The average Bonchev–Trinajstić information content (AvgIpc) is 2.83. The highest BCUT2D eigenvalue weighted by molar-refractivity contribution is 7.98. The molecule has 21 heavy (non-hydrogen) atoms. The third-order valence-electron chi connectivity index (χ3n) is 2.93. The fourth-order valence-electron chi connectivity index (χ4n) is 1.87. The van der Waals surface area contributed by atoms with Crippen molar-refractivity contribution >= 4 is 28.6 Å². The molecule has 2 aromatic heterocycles. The lowest BCUT2D eigenvalue weighted by atomic mass is 10.3. The average molecular weight is 307 g/mol. The Balaban J connectivity index is 1.84. The van der Waals surface area contributed by atoms with Crippen LogP contribution in [0.3, 0.4) is 0 Å². The number of hydrogen-bond acceptors (Lipinski definition) is 5. The van der Waals surface area contributed by atoms with Gasteiger partial charge in [-0.2, -0.15) is 5.10 Å². The molecule has 0 bridgehead atoms. The predicted octanol–water partition coefficient (Wildman–Crippen LogP) is 2.52. The second-order valence-corrected chi connectivity index (χ2v) is 5.44. The normalized spacial score (nSPS) is 11.2. The molecule has 108 valence electrons. The maximum absolute atomic E-state index is 13.1. The first-order chi connectivity index (χ1) is 10.0. The molecule has 0 aliphatic heterocycles. The Labute approximate surface area is 123 Å². The maximum atomic E-state index is 13.1. The fourth-order valence-corrected chi connectivity index (χ4v) is 2.65. The van der Waals surface area contributed by atoms with E-state index in [9.17, 15) is 8.78 Å². The number of anilines is 1. The molecule has 0 aliphatic rings. The van der Waals surface area contributed by atoms with Gasteiger partial charge in [0, 0.05) is 11.9 Å². The van der Waals surface area contributed by atoms with E-state index in [1.165, 1.54) is 17.8 Å². The van der Waals surface area contributed by atoms with Gasteiger partial charge in [0.05, 0.1) is 17.3 Å². The Hall–Kier alpha value is -2.22. The zero-order valence-corrected chi connectivity index (χ0v) is 11.9. The van der Waals surface area contributed by atoms with Crippen LogP contribution in [0.4, 0.5) is 14.6 Å². The lowest BCUT2D eigenvalue weighted by molar-refractivity contribution is 0.506. The van der Waals surface area contributed by atoms with Gasteiger partial charge in [-0.05, 0) is 18.2 Å². The quantitative estimate of drug-likeness (QED) is 0.753. The number of rotatable bonds is 3. The van der Waals surface area contributed by atoms with Gasteiger partial charge in [-0.1, -0.05) is 0 Å². The monoisotopic (exact) mass is 307 g/mol. The van der Waals surface area contributed by atoms with Crippen LogP contribution in [0.25, 0.3) is 11.0 Å². The Bertz CT molecular complexity index is 818. The van der Waals surface area contributed by atoms with Gasteiger partial charge in [-0.15, -0.1) is 11.8 Å². The van der Waals surface area contributed by atoms with E-state index in [-0.39, 0.29) is 0 Å². The second kappa shape index (κ2) is 5.28. The van der Waals surface area contributed by atoms with Crippen LogP contribution in [-0.2, 0) is 12.8 Å². The molecular formula is C13H11F2N5S. The minimum absolute atomic E-state index is 0.356. The summed E-state index contributed by atoms with van der Waals surface area (Å²) in [5, 5.41) is 4.77. The van der Waals surface area contributed by atoms with Crippen molar-refractivity contribution < 1.29 is 8.78 Å². The van der Waals surface area contributed by atoms with Gasteiger partial charge in [0.15, 0.2) is 17.3 Å². The maximum Gasteiger partial charge on any atom is 0.163 e. The fraction of sp³-hybridized carbons (Fsp3) is 0.154. The van der Waals surface area contributed by atoms with E-state index in [1.54, 1.807) is 17.9 Å². The Morgan fingerprint density at radius 1 is 1.24 bits per heavy atom. The first-order valence-electron chi connectivity index (χ1n) is 6.06. The molecule has 1 aromatic carbocycles. The van der Waals surface area contributed by atoms with Gasteiger partial charge in [0.1, 0.15) is 11.6 Å². The summed E-state index contributed by atoms with van der Waals surface area (Å²) in [5.74, 6) is -0.470. The molecule has 0 aliphatic carbocycles. The third-order valence-corrected chi connectivity index (χ3v) is 3.92. The summed E-state index contributed by atoms with van der Waals surface area (Å²) in [5.41, 5.74) is 6.50. The van der Waals surface area contributed by atoms with Crippen LogP contribution in [-0.4, -0.2) is 19.7 Å². The molecule has 0 radical (unpaired) electrons. The highest BCUT2D eigenvalue weighted by atomic mass is 32.2. The number of nitrogens with zero attached hydrogens (tertiary/aromatic N) is 4. The van der Waals surface area contributed by atoms with Crippen molar-refractivity contribution in [3.63, 3.8) is 0 Å². The van der Waals surface area contributed by atoms with E-state index >= 15 is 0 Å². The summed E-state index contributed by atoms with van der Waals surface area (Å²) < 4.78 is 27.6. The van der Waals surface area contributed by atoms with Crippen molar-refractivity contribution in [2.45, 2.75) is 10.6 Å². The summed E-state index contributed by atoms with van der Waals surface area (Å²) >= 11 is 1.31. The van der Waals surface area contributed by atoms with Crippen molar-refractivity contribution in [3.05, 3.63) is 41.9 Å². The van der Waals surface area contributed by atoms with Crippen molar-refractivity contribution in [2.24, 2.45) is 7.05 Å². The molecule has 0 atom stereocenters. The Kier molecular flexibility index (Phi) is 3.46. The van der Waals surface area contributed by atoms with Gasteiger partial charge < -0.3 is 5.73 Å². The number of thioether (sulfide) groups is 1. The molecule has 8 heteroatoms. The van der Waals surface area contributed by atoms with Crippen molar-refractivity contribution in [1.82, 2.24) is 19.7 Å². The lowest BCUT2D eigenvalue weighted by Crippen LogP contribution is -2.01. The Morgan fingerprint density at radius 3 is 2.81 bits per heavy atom. The topological polar surface area (TPSA) is 69.6 Å². The van der Waals surface area contributed by atoms with Crippen LogP contribution < -0.4 is 5.73 Å². The number of benzene rings is 1. The van der Waals surface area contributed by atoms with Crippen molar-refractivity contribution in [2.75, 3.05) is 5.73 Å². The van der Waals surface area contributed by atoms with E-state index in [0.717, 1.165) is 12.1 Å². The van der Waals surface area contributed by atoms with E-state index in [0.29, 0.717) is 33.3 Å². The van der Waals surface area contributed by atoms with Gasteiger partial charge >= 0.3 is 0 Å². The largest absolute Gasteiger partial charge is 0.383 e. The summed E-state index contributed by atoms with van der Waals surface area (Å²) in [6.07, 6.45) is 1.61. The lowest BCUT2D eigenvalue weighted by Gasteiger charge is -2.04. The number of hydrogen-bond donors (Lipinski definition) is 1. The molecule has 3 rings (SSSR count). The smallest absolute Gasteiger partial charge is 0.163 e. The standard InChI is InChI=1S/C13H11F2N5S/c1-20-13-8(5-17-20)12(16)18-11(19-13)6-21-7-2-3-9(14)10(15)4-7/h2-5H,6H2,1H3,(H2,16,18,19). The zero-order chi connectivity index (χ0) is 15.0. The minimum Gasteiger partial charge on any atom is -0.383 e. The molecule has 0 spiro atoms. The third kappa shape index (κ3) is 2.66. The number of fused-ring (bicyclic) bond motifs is 1. The zero-order valence-electron chi connectivity index (χ0n) is 11.0. The number of nitrogens with two attached hydrogens (primary N) is 1. The van der Waals surface area contributed by atoms with Crippen LogP contribution in [0.5, 0.6) is 0 Å². The predicted molar refractivity (Wildman–Crippen MR) is 76.6 cm³/mol. The first kappa shape index (κ1) is 13.7. The summed E-state index contributed by atoms with van der Waals surface area (Å²) in [7, 11) is 1.76.